The number of hydrogen-bond acceptors (Lipinski definition) is 1. The molecule has 2 rings (SSSR count). The fraction of sp³-hybridized carbons (Fsp3) is 0.100. The Morgan fingerprint density at radius 3 is 2.92 bits per heavy atom. The molecule has 54 valence electrons. The Hall–Kier alpha value is -0.266. The smallest absolute Gasteiger partial charge is 0.313 e. The molecular formula is C10H8NY+2. The Morgan fingerprint density at radius 2 is 2.17 bits per heavy atom. The maximum Gasteiger partial charge on any atom is 3.00 e. The van der Waals surface area contributed by atoms with Gasteiger partial charge in [-0.25, -0.2) is 0 Å². The Balaban J connectivity index is 0.000000720. The average molecular weight is 231 g/mol. The number of hydrogen-bond donors (Lipinski definition) is 0. The molecule has 12 heavy (non-hydrogen) atoms. The molecule has 0 unspecified atom stereocenters. The predicted octanol–water partition coefficient (Wildman–Crippen LogP) is 2.34. The molecule has 0 saturated heterocycles. The fourth-order valence-electron chi connectivity index (χ4n) is 1.20. The van der Waals surface area contributed by atoms with Gasteiger partial charge in [-0.3, -0.25) is 0 Å². The van der Waals surface area contributed by atoms with Crippen molar-refractivity contribution < 1.29 is 32.7 Å². The summed E-state index contributed by atoms with van der Waals surface area (Å²) in [5.74, 6) is 0. The van der Waals surface area contributed by atoms with Crippen LogP contribution in [0, 0.1) is 13.0 Å². The van der Waals surface area contributed by atoms with Gasteiger partial charge in [0.1, 0.15) is 0 Å². The third-order valence-corrected chi connectivity index (χ3v) is 1.82. The van der Waals surface area contributed by atoms with E-state index in [1.54, 1.807) is 0 Å². The summed E-state index contributed by atoms with van der Waals surface area (Å²) in [5.41, 5.74) is 1.28. The molecule has 0 aliphatic carbocycles. The van der Waals surface area contributed by atoms with Crippen molar-refractivity contribution in [3.05, 3.63) is 42.2 Å². The molecule has 0 saturated carbocycles. The molecule has 1 nitrogen and oxygen atoms in total. The van der Waals surface area contributed by atoms with Crippen molar-refractivity contribution in [1.29, 1.82) is 0 Å². The second kappa shape index (κ2) is 4.11. The number of fused-ring (bicyclic) bond motifs is 1. The van der Waals surface area contributed by atoms with Crippen LogP contribution in [0.4, 0.5) is 0 Å². The average Bonchev–Trinajstić information content (AvgIpc) is 2.06. The molecule has 0 spiro atoms. The number of aryl methyl sites for hydroxylation is 1. The van der Waals surface area contributed by atoms with E-state index >= 15 is 0 Å². The van der Waals surface area contributed by atoms with Crippen LogP contribution >= 0.6 is 0 Å². The van der Waals surface area contributed by atoms with E-state index in [1.807, 2.05) is 24.5 Å². The van der Waals surface area contributed by atoms with Crippen LogP contribution in [-0.4, -0.2) is 4.98 Å². The number of nitrogens with zero attached hydrogens (tertiary/aromatic N) is 1. The second-order valence-corrected chi connectivity index (χ2v) is 2.58. The van der Waals surface area contributed by atoms with Crippen molar-refractivity contribution in [2.24, 2.45) is 0 Å². The zero-order chi connectivity index (χ0) is 7.68. The zero-order valence-electron chi connectivity index (χ0n) is 6.91. The predicted molar refractivity (Wildman–Crippen MR) is 45.3 cm³/mol. The first-order valence-corrected chi connectivity index (χ1v) is 3.59. The van der Waals surface area contributed by atoms with Crippen LogP contribution in [-0.2, 0) is 32.7 Å². The van der Waals surface area contributed by atoms with E-state index in [-0.39, 0.29) is 32.7 Å². The summed E-state index contributed by atoms with van der Waals surface area (Å²) in [6.45, 7) is 2.09. The van der Waals surface area contributed by atoms with E-state index in [0.717, 1.165) is 5.39 Å². The van der Waals surface area contributed by atoms with Gasteiger partial charge in [0.2, 0.25) is 0 Å². The molecule has 0 N–H and O–H groups in total. The minimum Gasteiger partial charge on any atom is -0.313 e. The van der Waals surface area contributed by atoms with E-state index in [9.17, 15) is 0 Å². The minimum absolute atomic E-state index is 0. The van der Waals surface area contributed by atoms with E-state index in [1.165, 1.54) is 10.9 Å². The summed E-state index contributed by atoms with van der Waals surface area (Å²) < 4.78 is 0. The fourth-order valence-corrected chi connectivity index (χ4v) is 1.20. The van der Waals surface area contributed by atoms with Gasteiger partial charge in [-0.05, 0) is 6.20 Å². The molecule has 1 heterocycles. The molecule has 0 aliphatic rings. The van der Waals surface area contributed by atoms with Gasteiger partial charge in [-0.15, -0.1) is 34.5 Å². The van der Waals surface area contributed by atoms with Gasteiger partial charge in [0, 0.05) is 6.20 Å². The molecule has 2 heteroatoms. The summed E-state index contributed by atoms with van der Waals surface area (Å²) in [7, 11) is 0. The Morgan fingerprint density at radius 1 is 1.33 bits per heavy atom. The van der Waals surface area contributed by atoms with Crippen molar-refractivity contribution in [3.8, 4) is 0 Å². The number of benzene rings is 1. The van der Waals surface area contributed by atoms with Crippen LogP contribution in [0.5, 0.6) is 0 Å². The van der Waals surface area contributed by atoms with Crippen LogP contribution < -0.4 is 0 Å². The first-order chi connectivity index (χ1) is 5.38. The quantitative estimate of drug-likeness (QED) is 0.634. The molecule has 0 amide bonds. The molecule has 0 radical (unpaired) electrons. The maximum atomic E-state index is 4.02. The van der Waals surface area contributed by atoms with Crippen molar-refractivity contribution in [2.75, 3.05) is 0 Å². The summed E-state index contributed by atoms with van der Waals surface area (Å²) in [6, 6.07) is 9.13. The minimum atomic E-state index is 0. The summed E-state index contributed by atoms with van der Waals surface area (Å²) >= 11 is 0. The molecule has 0 aliphatic heterocycles. The zero-order valence-corrected chi connectivity index (χ0v) is 9.75. The third-order valence-electron chi connectivity index (χ3n) is 1.82. The van der Waals surface area contributed by atoms with Gasteiger partial charge in [0.05, 0.1) is 0 Å². The van der Waals surface area contributed by atoms with E-state index in [4.69, 9.17) is 0 Å². The maximum absolute atomic E-state index is 4.02. The number of rotatable bonds is 0. The van der Waals surface area contributed by atoms with Crippen LogP contribution in [0.15, 0.2) is 30.6 Å². The van der Waals surface area contributed by atoms with Crippen LogP contribution in [0.3, 0.4) is 0 Å². The SMILES string of the molecule is Cc1cc[c-]c2cnccc12.[Y+3]. The Labute approximate surface area is 97.1 Å². The topological polar surface area (TPSA) is 12.9 Å². The summed E-state index contributed by atoms with van der Waals surface area (Å²) in [4.78, 5) is 4.02. The molecular weight excluding hydrogens is 223 g/mol. The Bertz CT molecular complexity index is 379. The van der Waals surface area contributed by atoms with Gasteiger partial charge in [-0.1, -0.05) is 13.0 Å². The number of aromatic nitrogens is 1. The van der Waals surface area contributed by atoms with Gasteiger partial charge in [-0.2, -0.15) is 0 Å². The third kappa shape index (κ3) is 1.73. The molecule has 0 atom stereocenters. The van der Waals surface area contributed by atoms with Crippen molar-refractivity contribution >= 4 is 10.8 Å². The number of pyridine rings is 1. The monoisotopic (exact) mass is 231 g/mol. The molecule has 1 aromatic carbocycles. The summed E-state index contributed by atoms with van der Waals surface area (Å²) in [5, 5.41) is 2.33. The molecule has 2 aromatic rings. The second-order valence-electron chi connectivity index (χ2n) is 2.58. The van der Waals surface area contributed by atoms with Gasteiger partial charge in [0.25, 0.3) is 0 Å². The molecule has 1 aromatic heterocycles. The van der Waals surface area contributed by atoms with Crippen LogP contribution in [0.2, 0.25) is 0 Å². The van der Waals surface area contributed by atoms with Gasteiger partial charge < -0.3 is 4.98 Å². The standard InChI is InChI=1S/C10H8N.Y/c1-8-3-2-4-9-7-11-6-5-10(8)9;/h2-3,5-7H,1H3;/q-1;+3. The molecule has 0 fully saturated rings. The first kappa shape index (κ1) is 9.82. The van der Waals surface area contributed by atoms with E-state index in [2.05, 4.69) is 24.0 Å². The molecule has 0 bridgehead atoms. The van der Waals surface area contributed by atoms with Gasteiger partial charge in [0.15, 0.2) is 0 Å². The van der Waals surface area contributed by atoms with Gasteiger partial charge >= 0.3 is 32.7 Å². The van der Waals surface area contributed by atoms with Crippen LogP contribution in [0.25, 0.3) is 10.8 Å². The van der Waals surface area contributed by atoms with Crippen molar-refractivity contribution in [2.45, 2.75) is 6.92 Å². The van der Waals surface area contributed by atoms with E-state index < -0.39 is 0 Å². The summed E-state index contributed by atoms with van der Waals surface area (Å²) in [6.07, 6.45) is 3.64. The first-order valence-electron chi connectivity index (χ1n) is 3.59. The van der Waals surface area contributed by atoms with Crippen molar-refractivity contribution in [1.82, 2.24) is 4.98 Å². The Kier molecular flexibility index (Phi) is 3.36. The van der Waals surface area contributed by atoms with Crippen molar-refractivity contribution in [3.63, 3.8) is 0 Å². The normalized spacial score (nSPS) is 9.42. The largest absolute Gasteiger partial charge is 3.00 e. The van der Waals surface area contributed by atoms with Crippen LogP contribution in [0.1, 0.15) is 5.56 Å². The van der Waals surface area contributed by atoms with E-state index in [0.29, 0.717) is 0 Å².